The Morgan fingerprint density at radius 1 is 1.23 bits per heavy atom. The number of aryl methyl sites for hydroxylation is 2. The van der Waals surface area contributed by atoms with Crippen LogP contribution in [0.4, 0.5) is 0 Å². The van der Waals surface area contributed by atoms with Gasteiger partial charge in [0.2, 0.25) is 0 Å². The zero-order chi connectivity index (χ0) is 9.26. The topological polar surface area (TPSA) is 38.9 Å². The minimum atomic E-state index is 0.772. The summed E-state index contributed by atoms with van der Waals surface area (Å²) in [5.74, 6) is 0.772. The molecule has 0 unspecified atom stereocenters. The number of furan rings is 1. The second kappa shape index (κ2) is 3.01. The van der Waals surface area contributed by atoms with Gasteiger partial charge in [0.1, 0.15) is 5.69 Å². The quantitative estimate of drug-likeness (QED) is 0.666. The van der Waals surface area contributed by atoms with Gasteiger partial charge in [-0.25, -0.2) is 4.98 Å². The molecule has 0 atom stereocenters. The van der Waals surface area contributed by atoms with Crippen molar-refractivity contribution in [2.45, 2.75) is 13.8 Å². The van der Waals surface area contributed by atoms with Crippen LogP contribution in [0.3, 0.4) is 0 Å². The molecule has 66 valence electrons. The highest BCUT2D eigenvalue weighted by molar-refractivity contribution is 5.51. The highest BCUT2D eigenvalue weighted by Gasteiger charge is 2.03. The molecule has 2 aromatic rings. The van der Waals surface area contributed by atoms with E-state index in [0.717, 1.165) is 22.7 Å². The third-order valence-corrected chi connectivity index (χ3v) is 1.74. The lowest BCUT2D eigenvalue weighted by molar-refractivity contribution is 0.577. The van der Waals surface area contributed by atoms with Crippen molar-refractivity contribution in [1.82, 2.24) is 9.97 Å². The average Bonchev–Trinajstić information content (AvgIpc) is 2.52. The fourth-order valence-corrected chi connectivity index (χ4v) is 1.15. The van der Waals surface area contributed by atoms with Crippen LogP contribution in [0.25, 0.3) is 11.5 Å². The summed E-state index contributed by atoms with van der Waals surface area (Å²) in [7, 11) is 0. The predicted octanol–water partition coefficient (Wildman–Crippen LogP) is 2.35. The molecule has 3 heteroatoms. The smallest absolute Gasteiger partial charge is 0.154 e. The molecular formula is C10H10N2O. The molecule has 13 heavy (non-hydrogen) atoms. The first-order chi connectivity index (χ1) is 6.25. The first kappa shape index (κ1) is 7.98. The Bertz CT molecular complexity index is 420. The van der Waals surface area contributed by atoms with E-state index in [1.165, 1.54) is 0 Å². The Kier molecular flexibility index (Phi) is 1.85. The second-order valence-electron chi connectivity index (χ2n) is 3.03. The summed E-state index contributed by atoms with van der Waals surface area (Å²) in [5, 5.41) is 0. The van der Waals surface area contributed by atoms with Gasteiger partial charge in [-0.05, 0) is 25.5 Å². The van der Waals surface area contributed by atoms with Crippen molar-refractivity contribution in [2.75, 3.05) is 0 Å². The van der Waals surface area contributed by atoms with Crippen molar-refractivity contribution in [1.29, 1.82) is 0 Å². The molecule has 0 aliphatic carbocycles. The highest BCUT2D eigenvalue weighted by Crippen LogP contribution is 2.18. The van der Waals surface area contributed by atoms with Crippen molar-refractivity contribution in [3.63, 3.8) is 0 Å². The number of hydrogen-bond donors (Lipinski definition) is 0. The van der Waals surface area contributed by atoms with E-state index < -0.39 is 0 Å². The zero-order valence-electron chi connectivity index (χ0n) is 7.61. The van der Waals surface area contributed by atoms with Crippen molar-refractivity contribution in [3.8, 4) is 11.5 Å². The van der Waals surface area contributed by atoms with Gasteiger partial charge in [-0.1, -0.05) is 0 Å². The van der Waals surface area contributed by atoms with Crippen LogP contribution in [-0.2, 0) is 0 Å². The number of nitrogens with zero attached hydrogens (tertiary/aromatic N) is 2. The Morgan fingerprint density at radius 2 is 2.08 bits per heavy atom. The standard InChI is InChI=1S/C10H10N2O/c1-7-3-10(13-6-7)9-5-11-4-8(2)12-9/h3-6H,1-2H3. The van der Waals surface area contributed by atoms with Gasteiger partial charge in [-0.3, -0.25) is 4.98 Å². The average molecular weight is 174 g/mol. The number of aromatic nitrogens is 2. The minimum absolute atomic E-state index is 0.772. The summed E-state index contributed by atoms with van der Waals surface area (Å²) >= 11 is 0. The van der Waals surface area contributed by atoms with E-state index in [1.54, 1.807) is 18.7 Å². The molecule has 0 aliphatic rings. The van der Waals surface area contributed by atoms with Gasteiger partial charge in [-0.15, -0.1) is 0 Å². The zero-order valence-corrected chi connectivity index (χ0v) is 7.61. The third kappa shape index (κ3) is 1.59. The third-order valence-electron chi connectivity index (χ3n) is 1.74. The highest BCUT2D eigenvalue weighted by atomic mass is 16.3. The molecule has 2 aromatic heterocycles. The predicted molar refractivity (Wildman–Crippen MR) is 49.2 cm³/mol. The summed E-state index contributed by atoms with van der Waals surface area (Å²) in [4.78, 5) is 8.35. The van der Waals surface area contributed by atoms with Crippen LogP contribution in [0.1, 0.15) is 11.3 Å². The van der Waals surface area contributed by atoms with Crippen molar-refractivity contribution in [2.24, 2.45) is 0 Å². The number of hydrogen-bond acceptors (Lipinski definition) is 3. The van der Waals surface area contributed by atoms with E-state index in [1.807, 2.05) is 19.9 Å². The Labute approximate surface area is 76.5 Å². The van der Waals surface area contributed by atoms with Gasteiger partial charge < -0.3 is 4.42 Å². The molecule has 0 saturated carbocycles. The largest absolute Gasteiger partial charge is 0.462 e. The molecule has 0 saturated heterocycles. The van der Waals surface area contributed by atoms with E-state index in [9.17, 15) is 0 Å². The maximum absolute atomic E-state index is 5.30. The Hall–Kier alpha value is -1.64. The summed E-state index contributed by atoms with van der Waals surface area (Å²) in [6.07, 6.45) is 5.13. The van der Waals surface area contributed by atoms with Gasteiger partial charge >= 0.3 is 0 Å². The molecule has 0 amide bonds. The molecular weight excluding hydrogens is 164 g/mol. The second-order valence-corrected chi connectivity index (χ2v) is 3.03. The van der Waals surface area contributed by atoms with Crippen molar-refractivity contribution < 1.29 is 4.42 Å². The number of rotatable bonds is 1. The summed E-state index contributed by atoms with van der Waals surface area (Å²) in [6.45, 7) is 3.89. The van der Waals surface area contributed by atoms with Crippen LogP contribution in [0.2, 0.25) is 0 Å². The van der Waals surface area contributed by atoms with Gasteiger partial charge in [0.15, 0.2) is 5.76 Å². The van der Waals surface area contributed by atoms with E-state index in [2.05, 4.69) is 9.97 Å². The molecule has 0 fully saturated rings. The summed E-state index contributed by atoms with van der Waals surface area (Å²) in [6, 6.07) is 1.95. The van der Waals surface area contributed by atoms with Crippen LogP contribution in [-0.4, -0.2) is 9.97 Å². The maximum atomic E-state index is 5.30. The summed E-state index contributed by atoms with van der Waals surface area (Å²) < 4.78 is 5.30. The Balaban J connectivity index is 2.46. The van der Waals surface area contributed by atoms with Crippen LogP contribution >= 0.6 is 0 Å². The minimum Gasteiger partial charge on any atom is -0.462 e. The van der Waals surface area contributed by atoms with Crippen LogP contribution in [0.15, 0.2) is 29.1 Å². The molecule has 2 heterocycles. The van der Waals surface area contributed by atoms with Gasteiger partial charge in [0, 0.05) is 6.20 Å². The molecule has 0 spiro atoms. The van der Waals surface area contributed by atoms with Gasteiger partial charge in [0.25, 0.3) is 0 Å². The first-order valence-electron chi connectivity index (χ1n) is 4.10. The molecule has 0 aromatic carbocycles. The fraction of sp³-hybridized carbons (Fsp3) is 0.200. The molecule has 2 rings (SSSR count). The molecule has 0 N–H and O–H groups in total. The lowest BCUT2D eigenvalue weighted by Crippen LogP contribution is -1.86. The molecule has 0 aliphatic heterocycles. The monoisotopic (exact) mass is 174 g/mol. The normalized spacial score (nSPS) is 10.3. The van der Waals surface area contributed by atoms with Crippen LogP contribution in [0.5, 0.6) is 0 Å². The van der Waals surface area contributed by atoms with Crippen molar-refractivity contribution >= 4 is 0 Å². The first-order valence-corrected chi connectivity index (χ1v) is 4.10. The van der Waals surface area contributed by atoms with Crippen LogP contribution in [0, 0.1) is 13.8 Å². The Morgan fingerprint density at radius 3 is 2.69 bits per heavy atom. The molecule has 0 radical (unpaired) electrons. The lowest BCUT2D eigenvalue weighted by Gasteiger charge is -1.95. The van der Waals surface area contributed by atoms with E-state index >= 15 is 0 Å². The van der Waals surface area contributed by atoms with E-state index in [4.69, 9.17) is 4.42 Å². The van der Waals surface area contributed by atoms with Gasteiger partial charge in [-0.2, -0.15) is 0 Å². The molecule has 3 nitrogen and oxygen atoms in total. The van der Waals surface area contributed by atoms with E-state index in [0.29, 0.717) is 0 Å². The van der Waals surface area contributed by atoms with Gasteiger partial charge in [0.05, 0.1) is 18.2 Å². The SMILES string of the molecule is Cc1coc(-c2cncc(C)n2)c1. The van der Waals surface area contributed by atoms with E-state index in [-0.39, 0.29) is 0 Å². The molecule has 0 bridgehead atoms. The van der Waals surface area contributed by atoms with Crippen LogP contribution < -0.4 is 0 Å². The fourth-order valence-electron chi connectivity index (χ4n) is 1.15. The lowest BCUT2D eigenvalue weighted by atomic mass is 10.3. The van der Waals surface area contributed by atoms with Crippen molar-refractivity contribution in [3.05, 3.63) is 36.0 Å². The maximum Gasteiger partial charge on any atom is 0.154 e. The summed E-state index contributed by atoms with van der Waals surface area (Å²) in [5.41, 5.74) is 2.78.